The third-order valence-corrected chi connectivity index (χ3v) is 4.74. The first-order valence-electron chi connectivity index (χ1n) is 6.61. The van der Waals surface area contributed by atoms with E-state index in [9.17, 15) is 13.2 Å². The van der Waals surface area contributed by atoms with Crippen molar-refractivity contribution in [3.8, 4) is 0 Å². The summed E-state index contributed by atoms with van der Waals surface area (Å²) in [4.78, 5) is 11.2. The molecule has 6 nitrogen and oxygen atoms in total. The molecule has 2 aromatic rings. The van der Waals surface area contributed by atoms with E-state index in [-0.39, 0.29) is 10.6 Å². The molecule has 0 saturated heterocycles. The molecule has 0 saturated carbocycles. The van der Waals surface area contributed by atoms with Gasteiger partial charge in [-0.25, -0.2) is 8.42 Å². The van der Waals surface area contributed by atoms with Crippen LogP contribution in [0.25, 0.3) is 0 Å². The Morgan fingerprint density at radius 2 is 1.87 bits per heavy atom. The Kier molecular flexibility index (Phi) is 5.25. The molecule has 122 valence electrons. The third-order valence-electron chi connectivity index (χ3n) is 2.98. The quantitative estimate of drug-likeness (QED) is 0.768. The average molecular weight is 355 g/mol. The van der Waals surface area contributed by atoms with Crippen molar-refractivity contribution in [2.75, 3.05) is 16.6 Å². The zero-order valence-corrected chi connectivity index (χ0v) is 13.8. The molecule has 0 bridgehead atoms. The van der Waals surface area contributed by atoms with E-state index in [1.807, 2.05) is 0 Å². The van der Waals surface area contributed by atoms with Crippen LogP contribution in [0.5, 0.6) is 0 Å². The first-order valence-corrected chi connectivity index (χ1v) is 8.47. The Labute approximate surface area is 139 Å². The maximum Gasteiger partial charge on any atom is 0.262 e. The number of hydrogen-bond donors (Lipinski definition) is 3. The first kappa shape index (κ1) is 17.3. The molecule has 0 aliphatic carbocycles. The van der Waals surface area contributed by atoms with Gasteiger partial charge in [0, 0.05) is 10.7 Å². The van der Waals surface area contributed by atoms with Crippen molar-refractivity contribution in [1.82, 2.24) is 0 Å². The van der Waals surface area contributed by atoms with Gasteiger partial charge in [-0.1, -0.05) is 23.7 Å². The fourth-order valence-electron chi connectivity index (χ4n) is 1.93. The van der Waals surface area contributed by atoms with Crippen LogP contribution in [0.1, 0.15) is 5.56 Å². The molecular weight excluding hydrogens is 340 g/mol. The highest BCUT2D eigenvalue weighted by atomic mass is 35.5. The number of aliphatic hydroxyl groups is 1. The zero-order chi connectivity index (χ0) is 17.0. The second kappa shape index (κ2) is 6.99. The first-order chi connectivity index (χ1) is 10.8. The Morgan fingerprint density at radius 1 is 1.17 bits per heavy atom. The molecule has 0 fully saturated rings. The largest absolute Gasteiger partial charge is 0.387 e. The van der Waals surface area contributed by atoms with Crippen LogP contribution in [0.3, 0.4) is 0 Å². The molecule has 0 aromatic heterocycles. The van der Waals surface area contributed by atoms with Crippen molar-refractivity contribution >= 4 is 38.9 Å². The van der Waals surface area contributed by atoms with Crippen molar-refractivity contribution in [2.24, 2.45) is 0 Å². The summed E-state index contributed by atoms with van der Waals surface area (Å²) in [6.07, 6.45) is 0. The van der Waals surface area contributed by atoms with Crippen LogP contribution in [0.2, 0.25) is 5.02 Å². The number of hydrogen-bond acceptors (Lipinski definition) is 4. The second-order valence-corrected chi connectivity index (χ2v) is 6.89. The summed E-state index contributed by atoms with van der Waals surface area (Å²) in [6.45, 7) is 1.01. The van der Waals surface area contributed by atoms with Crippen molar-refractivity contribution in [3.63, 3.8) is 0 Å². The van der Waals surface area contributed by atoms with Gasteiger partial charge < -0.3 is 10.4 Å². The van der Waals surface area contributed by atoms with Crippen LogP contribution in [0.4, 0.5) is 11.4 Å². The van der Waals surface area contributed by atoms with Crippen molar-refractivity contribution < 1.29 is 18.3 Å². The Hall–Kier alpha value is -2.09. The molecule has 0 aliphatic rings. The molecule has 0 radical (unpaired) electrons. The van der Waals surface area contributed by atoms with E-state index in [1.165, 1.54) is 12.1 Å². The minimum Gasteiger partial charge on any atom is -0.387 e. The number of sulfonamides is 1. The number of aliphatic hydroxyl groups excluding tert-OH is 1. The van der Waals surface area contributed by atoms with E-state index >= 15 is 0 Å². The van der Waals surface area contributed by atoms with E-state index in [2.05, 4.69) is 10.0 Å². The molecule has 23 heavy (non-hydrogen) atoms. The molecule has 0 spiro atoms. The maximum absolute atomic E-state index is 12.5. The molecule has 3 N–H and O–H groups in total. The second-order valence-electron chi connectivity index (χ2n) is 4.80. The van der Waals surface area contributed by atoms with Gasteiger partial charge in [-0.3, -0.25) is 9.52 Å². The fraction of sp³-hybridized carbons (Fsp3) is 0.133. The molecule has 0 atom stereocenters. The number of carbonyl (C=O) groups excluding carboxylic acids is 1. The number of aryl methyl sites for hydroxylation is 1. The minimum atomic E-state index is -3.81. The summed E-state index contributed by atoms with van der Waals surface area (Å²) in [5.41, 5.74) is 1.21. The number of rotatable bonds is 5. The predicted molar refractivity (Wildman–Crippen MR) is 89.2 cm³/mol. The van der Waals surface area contributed by atoms with Gasteiger partial charge in [-0.15, -0.1) is 0 Å². The average Bonchev–Trinajstić information content (AvgIpc) is 2.49. The van der Waals surface area contributed by atoms with Gasteiger partial charge in [0.25, 0.3) is 10.0 Å². The summed E-state index contributed by atoms with van der Waals surface area (Å²) in [5.74, 6) is -0.587. The number of nitrogens with one attached hydrogen (secondary N) is 2. The highest BCUT2D eigenvalue weighted by Gasteiger charge is 2.17. The highest BCUT2D eigenvalue weighted by molar-refractivity contribution is 7.92. The lowest BCUT2D eigenvalue weighted by Crippen LogP contribution is -2.16. The topological polar surface area (TPSA) is 95.5 Å². The molecular formula is C15H15ClN2O4S. The van der Waals surface area contributed by atoms with Crippen molar-refractivity contribution in [2.45, 2.75) is 11.8 Å². The van der Waals surface area contributed by atoms with E-state index in [0.717, 1.165) is 0 Å². The maximum atomic E-state index is 12.5. The number of carbonyl (C=O) groups is 1. The summed E-state index contributed by atoms with van der Waals surface area (Å²) in [5, 5.41) is 11.5. The SMILES string of the molecule is Cc1ccc(Cl)cc1S(=O)(=O)Nc1cccc(NC(=O)CO)c1. The normalized spacial score (nSPS) is 11.1. The van der Waals surface area contributed by atoms with Gasteiger partial charge in [0.05, 0.1) is 10.6 Å². The van der Waals surface area contributed by atoms with Crippen LogP contribution < -0.4 is 10.0 Å². The summed E-state index contributed by atoms with van der Waals surface area (Å²) in [7, 11) is -3.81. The van der Waals surface area contributed by atoms with Gasteiger partial charge in [-0.2, -0.15) is 0 Å². The number of benzene rings is 2. The molecule has 2 aromatic carbocycles. The fourth-order valence-corrected chi connectivity index (χ4v) is 3.49. The highest BCUT2D eigenvalue weighted by Crippen LogP contribution is 2.24. The molecule has 0 unspecified atom stereocenters. The van der Waals surface area contributed by atoms with Crippen LogP contribution in [-0.2, 0) is 14.8 Å². The van der Waals surface area contributed by atoms with Gasteiger partial charge >= 0.3 is 0 Å². The molecule has 1 amide bonds. The van der Waals surface area contributed by atoms with E-state index in [1.54, 1.807) is 37.3 Å². The summed E-state index contributed by atoms with van der Waals surface area (Å²) >= 11 is 5.86. The van der Waals surface area contributed by atoms with Crippen LogP contribution in [-0.4, -0.2) is 26.0 Å². The van der Waals surface area contributed by atoms with Gasteiger partial charge in [0.15, 0.2) is 0 Å². The standard InChI is InChI=1S/C15H15ClN2O4S/c1-10-5-6-11(16)7-14(10)23(21,22)18-13-4-2-3-12(8-13)17-15(20)9-19/h2-8,18-19H,9H2,1H3,(H,17,20). The minimum absolute atomic E-state index is 0.0785. The number of anilines is 2. The molecule has 2 rings (SSSR count). The van der Waals surface area contributed by atoms with Gasteiger partial charge in [-0.05, 0) is 42.8 Å². The number of halogens is 1. The van der Waals surface area contributed by atoms with Gasteiger partial charge in [0.2, 0.25) is 5.91 Å². The molecule has 0 heterocycles. The van der Waals surface area contributed by atoms with Crippen LogP contribution >= 0.6 is 11.6 Å². The van der Waals surface area contributed by atoms with Crippen molar-refractivity contribution in [3.05, 3.63) is 53.1 Å². The van der Waals surface area contributed by atoms with E-state index in [4.69, 9.17) is 16.7 Å². The third kappa shape index (κ3) is 4.44. The number of amides is 1. The van der Waals surface area contributed by atoms with Crippen molar-refractivity contribution in [1.29, 1.82) is 0 Å². The summed E-state index contributed by atoms with van der Waals surface area (Å²) in [6, 6.07) is 10.8. The lowest BCUT2D eigenvalue weighted by molar-refractivity contribution is -0.118. The van der Waals surface area contributed by atoms with Crippen LogP contribution in [0, 0.1) is 6.92 Å². The van der Waals surface area contributed by atoms with Gasteiger partial charge in [0.1, 0.15) is 6.61 Å². The monoisotopic (exact) mass is 354 g/mol. The Bertz CT molecular complexity index is 837. The Balaban J connectivity index is 2.29. The smallest absolute Gasteiger partial charge is 0.262 e. The lowest BCUT2D eigenvalue weighted by Gasteiger charge is -2.12. The molecule has 8 heteroatoms. The molecule has 0 aliphatic heterocycles. The van der Waals surface area contributed by atoms with E-state index < -0.39 is 22.5 Å². The lowest BCUT2D eigenvalue weighted by atomic mass is 10.2. The summed E-state index contributed by atoms with van der Waals surface area (Å²) < 4.78 is 27.4. The Morgan fingerprint density at radius 3 is 2.57 bits per heavy atom. The predicted octanol–water partition coefficient (Wildman–Crippen LogP) is 2.38. The van der Waals surface area contributed by atoms with Crippen LogP contribution in [0.15, 0.2) is 47.4 Å². The zero-order valence-electron chi connectivity index (χ0n) is 12.2. The van der Waals surface area contributed by atoms with E-state index in [0.29, 0.717) is 16.3 Å².